The van der Waals surface area contributed by atoms with Gasteiger partial charge in [-0.15, -0.1) is 0 Å². The molecule has 0 amide bonds. The topological polar surface area (TPSA) is 35.2 Å². The number of halogens is 2. The minimum atomic E-state index is 0.424. The zero-order valence-corrected chi connectivity index (χ0v) is 11.3. The first-order valence-electron chi connectivity index (χ1n) is 5.11. The Hall–Kier alpha value is -1.03. The summed E-state index contributed by atoms with van der Waals surface area (Å²) in [5.74, 6) is 1.34. The number of rotatable bonds is 3. The van der Waals surface area contributed by atoms with Gasteiger partial charge in [-0.1, -0.05) is 45.7 Å². The summed E-state index contributed by atoms with van der Waals surface area (Å²) in [6.07, 6.45) is 0. The Morgan fingerprint density at radius 2 is 1.88 bits per heavy atom. The largest absolute Gasteiger partial charge is 0.455 e. The van der Waals surface area contributed by atoms with E-state index in [0.717, 1.165) is 15.8 Å². The van der Waals surface area contributed by atoms with Gasteiger partial charge >= 0.3 is 0 Å². The van der Waals surface area contributed by atoms with E-state index in [4.69, 9.17) is 22.1 Å². The van der Waals surface area contributed by atoms with Crippen LogP contribution >= 0.6 is 27.5 Å². The summed E-state index contributed by atoms with van der Waals surface area (Å²) in [5.41, 5.74) is 6.60. The van der Waals surface area contributed by atoms with Gasteiger partial charge in [0.1, 0.15) is 11.5 Å². The van der Waals surface area contributed by atoms with Crippen molar-refractivity contribution in [2.45, 2.75) is 6.54 Å². The Morgan fingerprint density at radius 1 is 1.12 bits per heavy atom. The summed E-state index contributed by atoms with van der Waals surface area (Å²) in [6.45, 7) is 0.424. The molecule has 2 nitrogen and oxygen atoms in total. The van der Waals surface area contributed by atoms with Crippen molar-refractivity contribution in [2.24, 2.45) is 5.73 Å². The van der Waals surface area contributed by atoms with Crippen molar-refractivity contribution in [2.75, 3.05) is 0 Å². The summed E-state index contributed by atoms with van der Waals surface area (Å²) in [6, 6.07) is 13.1. The molecule has 0 heterocycles. The monoisotopic (exact) mass is 311 g/mol. The molecule has 0 aliphatic carbocycles. The van der Waals surface area contributed by atoms with Gasteiger partial charge < -0.3 is 10.5 Å². The van der Waals surface area contributed by atoms with Crippen molar-refractivity contribution in [3.05, 3.63) is 57.5 Å². The minimum Gasteiger partial charge on any atom is -0.455 e. The Morgan fingerprint density at radius 3 is 2.59 bits per heavy atom. The number of hydrogen-bond acceptors (Lipinski definition) is 2. The van der Waals surface area contributed by atoms with E-state index in [1.807, 2.05) is 36.4 Å². The number of benzene rings is 2. The van der Waals surface area contributed by atoms with Crippen LogP contribution < -0.4 is 10.5 Å². The molecule has 0 spiro atoms. The molecule has 0 saturated carbocycles. The highest BCUT2D eigenvalue weighted by atomic mass is 79.9. The first kappa shape index (κ1) is 12.4. The fraction of sp³-hybridized carbons (Fsp3) is 0.0769. The molecule has 88 valence electrons. The van der Waals surface area contributed by atoms with Crippen molar-refractivity contribution in [1.82, 2.24) is 0 Å². The maximum absolute atomic E-state index is 6.04. The first-order chi connectivity index (χ1) is 8.20. The van der Waals surface area contributed by atoms with E-state index < -0.39 is 0 Å². The third kappa shape index (κ3) is 3.00. The molecular weight excluding hydrogens is 302 g/mol. The number of ether oxygens (including phenoxy) is 1. The van der Waals surface area contributed by atoms with Crippen LogP contribution in [-0.4, -0.2) is 0 Å². The molecule has 0 radical (unpaired) electrons. The van der Waals surface area contributed by atoms with Crippen LogP contribution in [0, 0.1) is 0 Å². The summed E-state index contributed by atoms with van der Waals surface area (Å²) < 4.78 is 6.71. The van der Waals surface area contributed by atoms with Crippen molar-refractivity contribution in [3.63, 3.8) is 0 Å². The average Bonchev–Trinajstić information content (AvgIpc) is 2.32. The predicted molar refractivity (Wildman–Crippen MR) is 73.6 cm³/mol. The second kappa shape index (κ2) is 5.54. The molecule has 4 heteroatoms. The maximum Gasteiger partial charge on any atom is 0.146 e. The molecule has 2 N–H and O–H groups in total. The molecule has 0 fully saturated rings. The molecule has 2 aromatic rings. The first-order valence-corrected chi connectivity index (χ1v) is 6.28. The van der Waals surface area contributed by atoms with Crippen molar-refractivity contribution >= 4 is 27.5 Å². The van der Waals surface area contributed by atoms with Gasteiger partial charge in [0.15, 0.2) is 0 Å². The second-order valence-corrected chi connectivity index (χ2v) is 4.81. The van der Waals surface area contributed by atoms with Gasteiger partial charge in [-0.3, -0.25) is 0 Å². The summed E-state index contributed by atoms with van der Waals surface area (Å²) in [7, 11) is 0. The van der Waals surface area contributed by atoms with Crippen LogP contribution in [0.1, 0.15) is 5.56 Å². The summed E-state index contributed by atoms with van der Waals surface area (Å²) >= 11 is 9.45. The normalized spacial score (nSPS) is 10.3. The zero-order valence-electron chi connectivity index (χ0n) is 8.99. The lowest BCUT2D eigenvalue weighted by Crippen LogP contribution is -1.99. The van der Waals surface area contributed by atoms with Gasteiger partial charge in [-0.2, -0.15) is 0 Å². The number of hydrogen-bond donors (Lipinski definition) is 1. The highest BCUT2D eigenvalue weighted by Crippen LogP contribution is 2.32. The predicted octanol–water partition coefficient (Wildman–Crippen LogP) is 4.35. The average molecular weight is 313 g/mol. The van der Waals surface area contributed by atoms with Crippen LogP contribution in [0.15, 0.2) is 46.9 Å². The van der Waals surface area contributed by atoms with Gasteiger partial charge in [-0.05, 0) is 24.3 Å². The van der Waals surface area contributed by atoms with Gasteiger partial charge in [0.2, 0.25) is 0 Å². The molecule has 0 atom stereocenters. The van der Waals surface area contributed by atoms with E-state index in [1.165, 1.54) is 0 Å². The molecule has 2 aromatic carbocycles. The van der Waals surface area contributed by atoms with Crippen LogP contribution in [0.25, 0.3) is 0 Å². The Kier molecular flexibility index (Phi) is 4.05. The Balaban J connectivity index is 2.35. The van der Waals surface area contributed by atoms with E-state index in [1.54, 1.807) is 6.07 Å². The van der Waals surface area contributed by atoms with Crippen LogP contribution in [0.5, 0.6) is 11.5 Å². The molecule has 0 aliphatic rings. The van der Waals surface area contributed by atoms with Gasteiger partial charge in [0.25, 0.3) is 0 Å². The standard InChI is InChI=1S/C13H11BrClNO/c14-10-6-5-9(8-16)13(7-10)17-12-4-2-1-3-11(12)15/h1-7H,8,16H2. The quantitative estimate of drug-likeness (QED) is 0.914. The fourth-order valence-electron chi connectivity index (χ4n) is 1.44. The lowest BCUT2D eigenvalue weighted by Gasteiger charge is -2.11. The number of nitrogens with two attached hydrogens (primary N) is 1. The third-order valence-electron chi connectivity index (χ3n) is 2.31. The highest BCUT2D eigenvalue weighted by Gasteiger charge is 2.06. The van der Waals surface area contributed by atoms with Crippen molar-refractivity contribution in [3.8, 4) is 11.5 Å². The number of para-hydroxylation sites is 1. The SMILES string of the molecule is NCc1ccc(Br)cc1Oc1ccccc1Cl. The molecule has 0 bridgehead atoms. The zero-order chi connectivity index (χ0) is 12.3. The van der Waals surface area contributed by atoms with Crippen molar-refractivity contribution < 1.29 is 4.74 Å². The van der Waals surface area contributed by atoms with E-state index in [-0.39, 0.29) is 0 Å². The van der Waals surface area contributed by atoms with Gasteiger partial charge in [0.05, 0.1) is 5.02 Å². The summed E-state index contributed by atoms with van der Waals surface area (Å²) in [4.78, 5) is 0. The minimum absolute atomic E-state index is 0.424. The molecule has 0 unspecified atom stereocenters. The van der Waals surface area contributed by atoms with Gasteiger partial charge in [0, 0.05) is 16.6 Å². The lowest BCUT2D eigenvalue weighted by molar-refractivity contribution is 0.476. The highest BCUT2D eigenvalue weighted by molar-refractivity contribution is 9.10. The third-order valence-corrected chi connectivity index (χ3v) is 3.11. The fourth-order valence-corrected chi connectivity index (χ4v) is 1.95. The van der Waals surface area contributed by atoms with Crippen LogP contribution in [0.2, 0.25) is 5.02 Å². The van der Waals surface area contributed by atoms with Crippen LogP contribution in [-0.2, 0) is 6.54 Å². The van der Waals surface area contributed by atoms with E-state index in [0.29, 0.717) is 17.3 Å². The molecule has 2 rings (SSSR count). The molecule has 0 aliphatic heterocycles. The molecule has 17 heavy (non-hydrogen) atoms. The Labute approximate surface area is 113 Å². The van der Waals surface area contributed by atoms with E-state index in [2.05, 4.69) is 15.9 Å². The smallest absolute Gasteiger partial charge is 0.146 e. The van der Waals surface area contributed by atoms with Crippen molar-refractivity contribution in [1.29, 1.82) is 0 Å². The maximum atomic E-state index is 6.04. The van der Waals surface area contributed by atoms with E-state index in [9.17, 15) is 0 Å². The Bertz CT molecular complexity index is 531. The van der Waals surface area contributed by atoms with Crippen LogP contribution in [0.4, 0.5) is 0 Å². The molecular formula is C13H11BrClNO. The molecule has 0 saturated heterocycles. The summed E-state index contributed by atoms with van der Waals surface area (Å²) in [5, 5.41) is 0.579. The van der Waals surface area contributed by atoms with Gasteiger partial charge in [-0.25, -0.2) is 0 Å². The van der Waals surface area contributed by atoms with Crippen LogP contribution in [0.3, 0.4) is 0 Å². The molecule has 0 aromatic heterocycles. The second-order valence-electron chi connectivity index (χ2n) is 3.49. The van der Waals surface area contributed by atoms with E-state index >= 15 is 0 Å². The lowest BCUT2D eigenvalue weighted by atomic mass is 10.2.